The number of carbonyl (C=O) groups excluding carboxylic acids is 1. The predicted octanol–water partition coefficient (Wildman–Crippen LogP) is 5.45. The van der Waals surface area contributed by atoms with Gasteiger partial charge in [-0.25, -0.2) is 13.8 Å². The monoisotopic (exact) mass is 411 g/mol. The van der Waals surface area contributed by atoms with Crippen molar-refractivity contribution in [3.63, 3.8) is 0 Å². The molecule has 1 saturated carbocycles. The first kappa shape index (κ1) is 19.4. The lowest BCUT2D eigenvalue weighted by Gasteiger charge is -2.16. The summed E-state index contributed by atoms with van der Waals surface area (Å²) in [4.78, 5) is 16.7. The summed E-state index contributed by atoms with van der Waals surface area (Å²) in [5, 5.41) is 2.56. The quantitative estimate of drug-likeness (QED) is 0.508. The molecule has 1 fully saturated rings. The Balaban J connectivity index is 1.38. The molecule has 0 saturated heterocycles. The highest BCUT2D eigenvalue weighted by Crippen LogP contribution is 2.50. The molecule has 1 aliphatic rings. The zero-order valence-corrected chi connectivity index (χ0v) is 16.3. The molecule has 4 nitrogen and oxygen atoms in total. The molecule has 148 valence electrons. The van der Waals surface area contributed by atoms with Gasteiger partial charge in [0.25, 0.3) is 5.91 Å². The Morgan fingerprint density at radius 1 is 1.03 bits per heavy atom. The van der Waals surface area contributed by atoms with Crippen LogP contribution in [0.3, 0.4) is 0 Å². The summed E-state index contributed by atoms with van der Waals surface area (Å²) < 4.78 is 29.8. The fourth-order valence-corrected chi connectivity index (χ4v) is 3.97. The van der Waals surface area contributed by atoms with Gasteiger partial charge in [0.2, 0.25) is 0 Å². The number of pyridine rings is 1. The van der Waals surface area contributed by atoms with Gasteiger partial charge >= 0.3 is 0 Å². The second-order valence-corrected chi connectivity index (χ2v) is 8.34. The van der Waals surface area contributed by atoms with Crippen LogP contribution in [0.15, 0.2) is 66.9 Å². The van der Waals surface area contributed by atoms with E-state index in [1.165, 1.54) is 11.6 Å². The van der Waals surface area contributed by atoms with Crippen LogP contribution in [-0.2, 0) is 6.42 Å². The average Bonchev–Trinajstić information content (AvgIpc) is 3.50. The SMILES string of the molecule is O=C(Nc1ccc(F)c(F)c1)c1ccnc(NSC2(Cc3ccccc3)CC2)c1. The van der Waals surface area contributed by atoms with Gasteiger partial charge < -0.3 is 10.0 Å². The van der Waals surface area contributed by atoms with Gasteiger partial charge in [-0.15, -0.1) is 0 Å². The van der Waals surface area contributed by atoms with Gasteiger partial charge in [0.1, 0.15) is 5.82 Å². The van der Waals surface area contributed by atoms with Gasteiger partial charge in [-0.1, -0.05) is 30.3 Å². The number of anilines is 2. The number of amides is 1. The number of carbonyl (C=O) groups is 1. The highest BCUT2D eigenvalue weighted by molar-refractivity contribution is 8.02. The second kappa shape index (κ2) is 8.21. The molecule has 2 N–H and O–H groups in total. The molecule has 0 radical (unpaired) electrons. The third-order valence-electron chi connectivity index (χ3n) is 4.75. The third-order valence-corrected chi connectivity index (χ3v) is 6.05. The van der Waals surface area contributed by atoms with E-state index in [0.29, 0.717) is 11.4 Å². The van der Waals surface area contributed by atoms with Gasteiger partial charge in [-0.3, -0.25) is 4.79 Å². The fraction of sp³-hybridized carbons (Fsp3) is 0.182. The maximum Gasteiger partial charge on any atom is 0.255 e. The number of halogens is 2. The Bertz CT molecular complexity index is 1030. The summed E-state index contributed by atoms with van der Waals surface area (Å²) in [6.07, 6.45) is 4.76. The summed E-state index contributed by atoms with van der Waals surface area (Å²) >= 11 is 1.63. The molecule has 1 aliphatic carbocycles. The highest BCUT2D eigenvalue weighted by atomic mass is 32.2. The summed E-state index contributed by atoms with van der Waals surface area (Å²) in [7, 11) is 0. The first-order chi connectivity index (χ1) is 14.0. The predicted molar refractivity (Wildman–Crippen MR) is 112 cm³/mol. The minimum absolute atomic E-state index is 0.146. The highest BCUT2D eigenvalue weighted by Gasteiger charge is 2.43. The van der Waals surface area contributed by atoms with Crippen molar-refractivity contribution in [2.24, 2.45) is 0 Å². The minimum Gasteiger partial charge on any atom is -0.322 e. The zero-order chi connectivity index (χ0) is 20.3. The number of nitrogens with one attached hydrogen (secondary N) is 2. The van der Waals surface area contributed by atoms with Crippen LogP contribution >= 0.6 is 11.9 Å². The minimum atomic E-state index is -1.01. The molecule has 0 spiro atoms. The lowest BCUT2D eigenvalue weighted by atomic mass is 10.1. The van der Waals surface area contributed by atoms with Crippen molar-refractivity contribution >= 4 is 29.4 Å². The Morgan fingerprint density at radius 2 is 1.83 bits per heavy atom. The summed E-state index contributed by atoms with van der Waals surface area (Å²) in [5.74, 6) is -1.81. The van der Waals surface area contributed by atoms with E-state index < -0.39 is 17.5 Å². The first-order valence-electron chi connectivity index (χ1n) is 9.23. The van der Waals surface area contributed by atoms with Crippen LogP contribution in [0.5, 0.6) is 0 Å². The molecule has 0 aliphatic heterocycles. The molecular weight excluding hydrogens is 392 g/mol. The lowest BCUT2D eigenvalue weighted by Crippen LogP contribution is -2.14. The fourth-order valence-electron chi connectivity index (χ4n) is 2.99. The molecule has 2 aromatic carbocycles. The van der Waals surface area contributed by atoms with Crippen molar-refractivity contribution in [2.45, 2.75) is 24.0 Å². The van der Waals surface area contributed by atoms with E-state index in [-0.39, 0.29) is 10.4 Å². The van der Waals surface area contributed by atoms with E-state index in [4.69, 9.17) is 0 Å². The lowest BCUT2D eigenvalue weighted by molar-refractivity contribution is 0.102. The maximum atomic E-state index is 13.3. The van der Waals surface area contributed by atoms with Gasteiger partial charge in [-0.2, -0.15) is 0 Å². The zero-order valence-electron chi connectivity index (χ0n) is 15.5. The Kier molecular flexibility index (Phi) is 5.49. The van der Waals surface area contributed by atoms with Crippen LogP contribution in [-0.4, -0.2) is 15.6 Å². The van der Waals surface area contributed by atoms with E-state index in [2.05, 4.69) is 27.2 Å². The molecule has 0 atom stereocenters. The third kappa shape index (κ3) is 4.92. The van der Waals surface area contributed by atoms with Crippen LogP contribution in [0.1, 0.15) is 28.8 Å². The number of aromatic nitrogens is 1. The van der Waals surface area contributed by atoms with E-state index in [9.17, 15) is 13.6 Å². The molecule has 1 heterocycles. The smallest absolute Gasteiger partial charge is 0.255 e. The number of hydrogen-bond acceptors (Lipinski definition) is 4. The number of nitrogens with zero attached hydrogens (tertiary/aromatic N) is 1. The molecule has 3 aromatic rings. The molecule has 1 amide bonds. The molecular formula is C22H19F2N3OS. The van der Waals surface area contributed by atoms with Crippen LogP contribution < -0.4 is 10.0 Å². The number of rotatable bonds is 7. The van der Waals surface area contributed by atoms with E-state index in [0.717, 1.165) is 31.4 Å². The van der Waals surface area contributed by atoms with Crippen molar-refractivity contribution in [2.75, 3.05) is 10.0 Å². The molecule has 0 bridgehead atoms. The standard InChI is InChI=1S/C22H19F2N3OS/c23-18-7-6-17(13-19(18)24)26-21(28)16-8-11-25-20(12-16)27-29-22(9-10-22)14-15-4-2-1-3-5-15/h1-8,11-13H,9-10,14H2,(H,25,27)(H,26,28). The van der Waals surface area contributed by atoms with Crippen molar-refractivity contribution in [3.05, 3.63) is 89.6 Å². The Morgan fingerprint density at radius 3 is 2.55 bits per heavy atom. The summed E-state index contributed by atoms with van der Waals surface area (Å²) in [5.41, 5.74) is 1.86. The van der Waals surface area contributed by atoms with Crippen molar-refractivity contribution in [1.82, 2.24) is 4.98 Å². The summed E-state index contributed by atoms with van der Waals surface area (Å²) in [6.45, 7) is 0. The van der Waals surface area contributed by atoms with E-state index in [1.54, 1.807) is 30.3 Å². The molecule has 1 aromatic heterocycles. The molecule has 7 heteroatoms. The maximum absolute atomic E-state index is 13.3. The molecule has 29 heavy (non-hydrogen) atoms. The number of hydrogen-bond donors (Lipinski definition) is 2. The molecule has 0 unspecified atom stereocenters. The van der Waals surface area contributed by atoms with Gasteiger partial charge in [0.05, 0.1) is 0 Å². The molecule has 4 rings (SSSR count). The first-order valence-corrected chi connectivity index (χ1v) is 10.1. The van der Waals surface area contributed by atoms with Crippen molar-refractivity contribution in [1.29, 1.82) is 0 Å². The summed E-state index contributed by atoms with van der Waals surface area (Å²) in [6, 6.07) is 16.8. The van der Waals surface area contributed by atoms with Gasteiger partial charge in [-0.05, 0) is 61.0 Å². The van der Waals surface area contributed by atoms with Gasteiger partial charge in [0.15, 0.2) is 11.6 Å². The normalized spacial score (nSPS) is 14.3. The van der Waals surface area contributed by atoms with E-state index in [1.807, 2.05) is 18.2 Å². The average molecular weight is 411 g/mol. The van der Waals surface area contributed by atoms with Crippen LogP contribution in [0, 0.1) is 11.6 Å². The Labute approximate surface area is 171 Å². The largest absolute Gasteiger partial charge is 0.322 e. The van der Waals surface area contributed by atoms with Crippen LogP contribution in [0.25, 0.3) is 0 Å². The van der Waals surface area contributed by atoms with Crippen LogP contribution in [0.4, 0.5) is 20.3 Å². The topological polar surface area (TPSA) is 54.0 Å². The van der Waals surface area contributed by atoms with Crippen molar-refractivity contribution < 1.29 is 13.6 Å². The Hall–Kier alpha value is -2.93. The second-order valence-electron chi connectivity index (χ2n) is 7.06. The van der Waals surface area contributed by atoms with E-state index >= 15 is 0 Å². The van der Waals surface area contributed by atoms with Gasteiger partial charge in [0, 0.05) is 28.3 Å². The van der Waals surface area contributed by atoms with Crippen LogP contribution in [0.2, 0.25) is 0 Å². The number of benzene rings is 2. The van der Waals surface area contributed by atoms with Crippen molar-refractivity contribution in [3.8, 4) is 0 Å².